The summed E-state index contributed by atoms with van der Waals surface area (Å²) in [7, 11) is 0. The van der Waals surface area contributed by atoms with Crippen molar-refractivity contribution in [1.82, 2.24) is 15.1 Å². The number of aromatic hydroxyl groups is 1. The van der Waals surface area contributed by atoms with Crippen molar-refractivity contribution in [2.24, 2.45) is 0 Å². The molecule has 1 aliphatic heterocycles. The number of alkyl carbamates (subject to hydrolysis) is 1. The molecule has 2 aromatic rings. The van der Waals surface area contributed by atoms with Crippen LogP contribution in [0.3, 0.4) is 0 Å². The van der Waals surface area contributed by atoms with Gasteiger partial charge in [0.1, 0.15) is 21.7 Å². The number of nitrogens with one attached hydrogen (secondary N) is 1. The first-order chi connectivity index (χ1) is 17.9. The third kappa shape index (κ3) is 8.88. The fourth-order valence-electron chi connectivity index (χ4n) is 3.80. The summed E-state index contributed by atoms with van der Waals surface area (Å²) in [5.41, 5.74) is 1.07. The molecule has 2 aromatic carbocycles. The summed E-state index contributed by atoms with van der Waals surface area (Å²) in [6.07, 6.45) is -0.417. The van der Waals surface area contributed by atoms with E-state index in [-0.39, 0.29) is 23.8 Å². The molecule has 1 aliphatic rings. The Morgan fingerprint density at radius 1 is 1.05 bits per heavy atom. The van der Waals surface area contributed by atoms with Crippen LogP contribution >= 0.6 is 24.0 Å². The van der Waals surface area contributed by atoms with Crippen LogP contribution < -0.4 is 5.32 Å². The number of thioether (sulfide) groups is 1. The van der Waals surface area contributed by atoms with Gasteiger partial charge in [-0.2, -0.15) is 0 Å². The normalized spacial score (nSPS) is 14.5. The highest BCUT2D eigenvalue weighted by Crippen LogP contribution is 2.21. The predicted molar refractivity (Wildman–Crippen MR) is 150 cm³/mol. The van der Waals surface area contributed by atoms with E-state index in [1.165, 1.54) is 23.9 Å². The number of benzene rings is 2. The van der Waals surface area contributed by atoms with Gasteiger partial charge >= 0.3 is 6.09 Å². The second kappa shape index (κ2) is 12.9. The molecule has 38 heavy (non-hydrogen) atoms. The highest BCUT2D eigenvalue weighted by Gasteiger charge is 2.31. The molecular formula is C26H32N4O6S2. The van der Waals surface area contributed by atoms with Crippen LogP contribution in [-0.4, -0.2) is 74.0 Å². The maximum absolute atomic E-state index is 13.4. The minimum Gasteiger partial charge on any atom is -0.508 e. The van der Waals surface area contributed by atoms with E-state index in [1.807, 2.05) is 4.90 Å². The Hall–Kier alpha value is -3.38. The van der Waals surface area contributed by atoms with Crippen LogP contribution in [0.1, 0.15) is 31.9 Å². The summed E-state index contributed by atoms with van der Waals surface area (Å²) in [5.74, 6) is 0.494. The highest BCUT2D eigenvalue weighted by molar-refractivity contribution is 8.22. The first kappa shape index (κ1) is 29.2. The van der Waals surface area contributed by atoms with Crippen molar-refractivity contribution in [1.29, 1.82) is 0 Å². The Balaban J connectivity index is 1.56. The lowest BCUT2D eigenvalue weighted by Gasteiger charge is -2.37. The molecule has 3 rings (SSSR count). The number of piperazine rings is 1. The number of hydrogen-bond donors (Lipinski definition) is 2. The first-order valence-corrected chi connectivity index (χ1v) is 13.5. The summed E-state index contributed by atoms with van der Waals surface area (Å²) in [4.78, 5) is 40.0. The van der Waals surface area contributed by atoms with Crippen molar-refractivity contribution in [3.8, 4) is 5.75 Å². The quantitative estimate of drug-likeness (QED) is 0.292. The molecule has 0 aliphatic carbocycles. The lowest BCUT2D eigenvalue weighted by atomic mass is 10.0. The lowest BCUT2D eigenvalue weighted by molar-refractivity contribution is -0.384. The van der Waals surface area contributed by atoms with Gasteiger partial charge in [0.25, 0.3) is 5.69 Å². The summed E-state index contributed by atoms with van der Waals surface area (Å²) in [5, 5.41) is 23.1. The number of nitro benzene ring substituents is 1. The molecular weight excluding hydrogens is 528 g/mol. The van der Waals surface area contributed by atoms with Gasteiger partial charge < -0.3 is 25.0 Å². The zero-order chi connectivity index (χ0) is 27.9. The molecule has 1 unspecified atom stereocenters. The van der Waals surface area contributed by atoms with Gasteiger partial charge in [-0.05, 0) is 44.0 Å². The predicted octanol–water partition coefficient (Wildman–Crippen LogP) is 4.10. The van der Waals surface area contributed by atoms with Gasteiger partial charge in [0.05, 0.1) is 4.92 Å². The fourth-order valence-corrected chi connectivity index (χ4v) is 5.00. The number of phenols is 1. The maximum atomic E-state index is 13.4. The molecule has 0 bridgehead atoms. The van der Waals surface area contributed by atoms with Gasteiger partial charge in [0.15, 0.2) is 0 Å². The van der Waals surface area contributed by atoms with E-state index in [4.69, 9.17) is 17.0 Å². The molecule has 0 aromatic heterocycles. The van der Waals surface area contributed by atoms with E-state index in [1.54, 1.807) is 62.1 Å². The largest absolute Gasteiger partial charge is 0.508 e. The van der Waals surface area contributed by atoms with Crippen LogP contribution in [0.25, 0.3) is 0 Å². The summed E-state index contributed by atoms with van der Waals surface area (Å²) in [6, 6.07) is 12.1. The first-order valence-electron chi connectivity index (χ1n) is 12.1. The topological polar surface area (TPSA) is 125 Å². The number of nitro groups is 1. The van der Waals surface area contributed by atoms with Crippen molar-refractivity contribution < 1.29 is 24.4 Å². The third-order valence-electron chi connectivity index (χ3n) is 5.72. The molecule has 0 spiro atoms. The monoisotopic (exact) mass is 560 g/mol. The van der Waals surface area contributed by atoms with E-state index < -0.39 is 22.7 Å². The Morgan fingerprint density at radius 2 is 1.61 bits per heavy atom. The Kier molecular flexibility index (Phi) is 9.92. The van der Waals surface area contributed by atoms with Crippen molar-refractivity contribution in [3.05, 3.63) is 69.8 Å². The zero-order valence-electron chi connectivity index (χ0n) is 21.6. The van der Waals surface area contributed by atoms with Crippen LogP contribution in [-0.2, 0) is 21.7 Å². The third-order valence-corrected chi connectivity index (χ3v) is 7.32. The smallest absolute Gasteiger partial charge is 0.408 e. The Morgan fingerprint density at radius 3 is 2.16 bits per heavy atom. The second-order valence-corrected chi connectivity index (χ2v) is 11.5. The van der Waals surface area contributed by atoms with Gasteiger partial charge in [-0.1, -0.05) is 48.2 Å². The SMILES string of the molecule is CC(C)(C)OC(=O)NC(Cc1ccc(O)cc1)C(=O)N1CCN(C(=S)SCc2ccc([N+](=O)[O-])cc2)CC1. The molecule has 204 valence electrons. The fraction of sp³-hybridized carbons (Fsp3) is 0.423. The van der Waals surface area contributed by atoms with Crippen LogP contribution in [0.5, 0.6) is 5.75 Å². The van der Waals surface area contributed by atoms with Crippen LogP contribution in [0.2, 0.25) is 0 Å². The van der Waals surface area contributed by atoms with E-state index in [9.17, 15) is 24.8 Å². The number of carbonyl (C=O) groups excluding carboxylic acids is 2. The Bertz CT molecular complexity index is 1140. The number of amides is 2. The molecule has 12 heteroatoms. The van der Waals surface area contributed by atoms with E-state index in [0.717, 1.165) is 11.1 Å². The number of thiocarbonyl (C=S) groups is 1. The molecule has 2 amide bonds. The molecule has 0 saturated carbocycles. The Labute approximate surface area is 231 Å². The molecule has 1 heterocycles. The summed E-state index contributed by atoms with van der Waals surface area (Å²) < 4.78 is 6.07. The van der Waals surface area contributed by atoms with E-state index >= 15 is 0 Å². The number of non-ortho nitro benzene ring substituents is 1. The molecule has 1 fully saturated rings. The van der Waals surface area contributed by atoms with Gasteiger partial charge in [0.2, 0.25) is 5.91 Å². The van der Waals surface area contributed by atoms with Crippen LogP contribution in [0, 0.1) is 10.1 Å². The minimum absolute atomic E-state index is 0.0481. The molecule has 10 nitrogen and oxygen atoms in total. The standard InChI is InChI=1S/C26H32N4O6S2/c1-26(2,3)36-24(33)27-22(16-18-6-10-21(31)11-7-18)23(32)28-12-14-29(15-13-28)25(37)38-17-19-4-8-20(9-5-19)30(34)35/h4-11,22,31H,12-17H2,1-3H3,(H,27,33). The van der Waals surface area contributed by atoms with Crippen LogP contribution in [0.15, 0.2) is 48.5 Å². The van der Waals surface area contributed by atoms with Crippen molar-refractivity contribution in [3.63, 3.8) is 0 Å². The van der Waals surface area contributed by atoms with E-state index in [2.05, 4.69) is 5.32 Å². The van der Waals surface area contributed by atoms with E-state index in [0.29, 0.717) is 36.3 Å². The molecule has 1 saturated heterocycles. The number of phenolic OH excluding ortho intramolecular Hbond substituents is 1. The van der Waals surface area contributed by atoms with Gasteiger partial charge in [-0.3, -0.25) is 14.9 Å². The van der Waals surface area contributed by atoms with Gasteiger partial charge in [-0.15, -0.1) is 0 Å². The van der Waals surface area contributed by atoms with Crippen molar-refractivity contribution >= 4 is 46.0 Å². The maximum Gasteiger partial charge on any atom is 0.408 e. The average Bonchev–Trinajstić information content (AvgIpc) is 2.87. The summed E-state index contributed by atoms with van der Waals surface area (Å²) in [6.45, 7) is 7.26. The number of carbonyl (C=O) groups is 2. The van der Waals surface area contributed by atoms with Gasteiger partial charge in [0, 0.05) is 50.5 Å². The number of rotatable bonds is 7. The minimum atomic E-state index is -0.829. The second-order valence-electron chi connectivity index (χ2n) is 9.86. The molecule has 2 N–H and O–H groups in total. The number of hydrogen-bond acceptors (Lipinski definition) is 8. The summed E-state index contributed by atoms with van der Waals surface area (Å²) >= 11 is 7.06. The number of nitrogens with zero attached hydrogens (tertiary/aromatic N) is 3. The van der Waals surface area contributed by atoms with Crippen molar-refractivity contribution in [2.75, 3.05) is 26.2 Å². The lowest BCUT2D eigenvalue weighted by Crippen LogP contribution is -2.56. The molecule has 0 radical (unpaired) electrons. The average molecular weight is 561 g/mol. The number of ether oxygens (including phenoxy) is 1. The van der Waals surface area contributed by atoms with Crippen LogP contribution in [0.4, 0.5) is 10.5 Å². The van der Waals surface area contributed by atoms with Gasteiger partial charge in [-0.25, -0.2) is 4.79 Å². The highest BCUT2D eigenvalue weighted by atomic mass is 32.2. The molecule has 1 atom stereocenters. The zero-order valence-corrected chi connectivity index (χ0v) is 23.2. The van der Waals surface area contributed by atoms with Crippen molar-refractivity contribution in [2.45, 2.75) is 44.6 Å².